The number of hydrogen-bond acceptors (Lipinski definition) is 3. The minimum Gasteiger partial charge on any atom is -0.330 e. The van der Waals surface area contributed by atoms with Crippen molar-refractivity contribution in [1.82, 2.24) is 19.7 Å². The lowest BCUT2D eigenvalue weighted by molar-refractivity contribution is 0.0602. The van der Waals surface area contributed by atoms with Crippen molar-refractivity contribution in [3.63, 3.8) is 0 Å². The van der Waals surface area contributed by atoms with Gasteiger partial charge in [0.15, 0.2) is 0 Å². The summed E-state index contributed by atoms with van der Waals surface area (Å²) in [6, 6.07) is 6.26. The number of rotatable bonds is 6. The quantitative estimate of drug-likeness (QED) is 0.788. The van der Waals surface area contributed by atoms with Crippen molar-refractivity contribution in [3.05, 3.63) is 47.5 Å². The van der Waals surface area contributed by atoms with Gasteiger partial charge in [0.2, 0.25) is 0 Å². The van der Waals surface area contributed by atoms with Gasteiger partial charge in [0, 0.05) is 32.0 Å². The third-order valence-corrected chi connectivity index (χ3v) is 5.12. The summed E-state index contributed by atoms with van der Waals surface area (Å²) in [6.07, 6.45) is 10.4. The zero-order valence-electron chi connectivity index (χ0n) is 16.2. The highest BCUT2D eigenvalue weighted by Crippen LogP contribution is 2.26. The van der Waals surface area contributed by atoms with Crippen LogP contribution in [0.25, 0.3) is 0 Å². The minimum atomic E-state index is 0.0887. The third-order valence-electron chi connectivity index (χ3n) is 5.12. The molecule has 5 heteroatoms. The van der Waals surface area contributed by atoms with Crippen LogP contribution in [0.2, 0.25) is 0 Å². The molecule has 0 bridgehead atoms. The minimum absolute atomic E-state index is 0.0887. The van der Waals surface area contributed by atoms with E-state index in [1.165, 1.54) is 19.3 Å². The van der Waals surface area contributed by atoms with E-state index in [-0.39, 0.29) is 5.91 Å². The maximum absolute atomic E-state index is 13.4. The third kappa shape index (κ3) is 4.51. The predicted molar refractivity (Wildman–Crippen MR) is 103 cm³/mol. The molecule has 1 fully saturated rings. The second-order valence-electron chi connectivity index (χ2n) is 7.83. The van der Waals surface area contributed by atoms with Gasteiger partial charge in [0.05, 0.1) is 5.69 Å². The van der Waals surface area contributed by atoms with E-state index in [9.17, 15) is 4.79 Å². The van der Waals surface area contributed by atoms with Crippen LogP contribution in [-0.4, -0.2) is 31.6 Å². The Morgan fingerprint density at radius 3 is 2.73 bits per heavy atom. The highest BCUT2D eigenvalue weighted by molar-refractivity contribution is 5.93. The normalized spacial score (nSPS) is 15.4. The van der Waals surface area contributed by atoms with E-state index in [1.54, 1.807) is 10.9 Å². The maximum atomic E-state index is 13.4. The number of hydrogen-bond donors (Lipinski definition) is 0. The smallest absolute Gasteiger partial charge is 0.272 e. The summed E-state index contributed by atoms with van der Waals surface area (Å²) in [4.78, 5) is 19.7. The molecule has 140 valence electrons. The van der Waals surface area contributed by atoms with Crippen LogP contribution in [-0.2, 0) is 20.0 Å². The number of aromatic nitrogens is 3. The van der Waals surface area contributed by atoms with Crippen LogP contribution in [0.1, 0.15) is 67.7 Å². The molecule has 2 aromatic heterocycles. The van der Waals surface area contributed by atoms with Crippen molar-refractivity contribution >= 4 is 5.91 Å². The summed E-state index contributed by atoms with van der Waals surface area (Å²) in [5.74, 6) is 0.614. The van der Waals surface area contributed by atoms with Gasteiger partial charge >= 0.3 is 0 Å². The molecule has 0 N–H and O–H groups in total. The van der Waals surface area contributed by atoms with Gasteiger partial charge in [-0.15, -0.1) is 0 Å². The second kappa shape index (κ2) is 8.47. The van der Waals surface area contributed by atoms with Crippen molar-refractivity contribution in [2.45, 2.75) is 65.0 Å². The molecule has 1 amide bonds. The lowest BCUT2D eigenvalue weighted by Crippen LogP contribution is -2.41. The number of pyridine rings is 1. The first-order valence-electron chi connectivity index (χ1n) is 9.77. The summed E-state index contributed by atoms with van der Waals surface area (Å²) < 4.78 is 1.75. The Morgan fingerprint density at radius 1 is 1.31 bits per heavy atom. The van der Waals surface area contributed by atoms with E-state index in [0.717, 1.165) is 30.5 Å². The van der Waals surface area contributed by atoms with Gasteiger partial charge in [-0.05, 0) is 42.9 Å². The molecule has 1 aliphatic carbocycles. The van der Waals surface area contributed by atoms with E-state index < -0.39 is 0 Å². The number of carbonyl (C=O) groups is 1. The Labute approximate surface area is 156 Å². The predicted octanol–water partition coefficient (Wildman–Crippen LogP) is 3.99. The maximum Gasteiger partial charge on any atom is 0.272 e. The summed E-state index contributed by atoms with van der Waals surface area (Å²) in [5.41, 5.74) is 2.77. The lowest BCUT2D eigenvalue weighted by Gasteiger charge is -2.34. The molecule has 1 saturated carbocycles. The summed E-state index contributed by atoms with van der Waals surface area (Å²) >= 11 is 0. The number of carbonyl (C=O) groups excluding carboxylic acids is 1. The van der Waals surface area contributed by atoms with Gasteiger partial charge in [-0.2, -0.15) is 5.10 Å². The topological polar surface area (TPSA) is 51.0 Å². The molecule has 0 aromatic carbocycles. The van der Waals surface area contributed by atoms with Crippen LogP contribution >= 0.6 is 0 Å². The summed E-state index contributed by atoms with van der Waals surface area (Å²) in [6.45, 7) is 4.96. The summed E-state index contributed by atoms with van der Waals surface area (Å²) in [5, 5.41) is 4.56. The molecular weight excluding hydrogens is 324 g/mol. The molecule has 0 unspecified atom stereocenters. The molecule has 0 atom stereocenters. The Balaban J connectivity index is 1.85. The van der Waals surface area contributed by atoms with Gasteiger partial charge in [0.25, 0.3) is 5.91 Å². The van der Waals surface area contributed by atoms with E-state index in [0.29, 0.717) is 24.2 Å². The first-order chi connectivity index (χ1) is 12.5. The first-order valence-corrected chi connectivity index (χ1v) is 9.77. The molecule has 0 radical (unpaired) electrons. The molecule has 0 spiro atoms. The van der Waals surface area contributed by atoms with Crippen molar-refractivity contribution in [1.29, 1.82) is 0 Å². The average Bonchev–Trinajstić information content (AvgIpc) is 3.00. The fourth-order valence-corrected chi connectivity index (χ4v) is 3.84. The first kappa shape index (κ1) is 18.6. The van der Waals surface area contributed by atoms with Crippen molar-refractivity contribution in [3.8, 4) is 0 Å². The van der Waals surface area contributed by atoms with Crippen LogP contribution < -0.4 is 0 Å². The zero-order valence-corrected chi connectivity index (χ0v) is 16.2. The van der Waals surface area contributed by atoms with E-state index in [1.807, 2.05) is 36.3 Å². The van der Waals surface area contributed by atoms with Gasteiger partial charge in [-0.1, -0.05) is 39.2 Å². The Morgan fingerprint density at radius 2 is 2.08 bits per heavy atom. The van der Waals surface area contributed by atoms with Crippen molar-refractivity contribution in [2.75, 3.05) is 0 Å². The van der Waals surface area contributed by atoms with Crippen LogP contribution in [0, 0.1) is 5.92 Å². The molecule has 3 rings (SSSR count). The Bertz CT molecular complexity index is 717. The molecule has 1 aliphatic rings. The highest BCUT2D eigenvalue weighted by Gasteiger charge is 2.28. The largest absolute Gasteiger partial charge is 0.330 e. The number of amides is 1. The van der Waals surface area contributed by atoms with Crippen molar-refractivity contribution < 1.29 is 4.79 Å². The second-order valence-corrected chi connectivity index (χ2v) is 7.83. The lowest BCUT2D eigenvalue weighted by atomic mass is 9.93. The summed E-state index contributed by atoms with van der Waals surface area (Å²) in [7, 11) is 1.88. The molecule has 26 heavy (non-hydrogen) atoms. The van der Waals surface area contributed by atoms with E-state index >= 15 is 0 Å². The van der Waals surface area contributed by atoms with Gasteiger partial charge in [-0.3, -0.25) is 14.5 Å². The van der Waals surface area contributed by atoms with Crippen LogP contribution in [0.15, 0.2) is 30.6 Å². The Kier molecular flexibility index (Phi) is 6.07. The van der Waals surface area contributed by atoms with Crippen LogP contribution in [0.5, 0.6) is 0 Å². The standard InChI is InChI=1S/C21H30N4O/c1-16(2)12-18-13-20(24(3)23-18)21(26)25(19-9-5-4-6-10-19)15-17-8-7-11-22-14-17/h7-8,11,13-14,16,19H,4-6,9-10,12,15H2,1-3H3. The molecule has 2 heterocycles. The van der Waals surface area contributed by atoms with Gasteiger partial charge in [-0.25, -0.2) is 0 Å². The fraction of sp³-hybridized carbons (Fsp3) is 0.571. The average molecular weight is 354 g/mol. The highest BCUT2D eigenvalue weighted by atomic mass is 16.2. The van der Waals surface area contributed by atoms with Gasteiger partial charge in [0.1, 0.15) is 5.69 Å². The molecular formula is C21H30N4O. The Hall–Kier alpha value is -2.17. The van der Waals surface area contributed by atoms with E-state index in [4.69, 9.17) is 0 Å². The molecule has 5 nitrogen and oxygen atoms in total. The fourth-order valence-electron chi connectivity index (χ4n) is 3.84. The SMILES string of the molecule is CC(C)Cc1cc(C(=O)N(Cc2cccnc2)C2CCCCC2)n(C)n1. The zero-order chi connectivity index (χ0) is 18.5. The van der Waals surface area contributed by atoms with E-state index in [2.05, 4.69) is 23.9 Å². The monoisotopic (exact) mass is 354 g/mol. The van der Waals surface area contributed by atoms with Gasteiger partial charge < -0.3 is 4.90 Å². The van der Waals surface area contributed by atoms with Crippen LogP contribution in [0.3, 0.4) is 0 Å². The molecule has 0 aliphatic heterocycles. The molecule has 2 aromatic rings. The van der Waals surface area contributed by atoms with Crippen molar-refractivity contribution in [2.24, 2.45) is 13.0 Å². The molecule has 0 saturated heterocycles. The number of nitrogens with zero attached hydrogens (tertiary/aromatic N) is 4. The van der Waals surface area contributed by atoms with Crippen LogP contribution in [0.4, 0.5) is 0 Å². The number of aryl methyl sites for hydroxylation is 1.